The average Bonchev–Trinajstić information content (AvgIpc) is 2.58. The molecule has 0 N–H and O–H groups in total. The van der Waals surface area contributed by atoms with Gasteiger partial charge in [0.15, 0.2) is 6.20 Å². The molecule has 2 aromatic carbocycles. The molecule has 0 aliphatic rings. The van der Waals surface area contributed by atoms with Gasteiger partial charge >= 0.3 is 0 Å². The predicted molar refractivity (Wildman–Crippen MR) is 94.1 cm³/mol. The van der Waals surface area contributed by atoms with Crippen LogP contribution in [0.2, 0.25) is 0 Å². The van der Waals surface area contributed by atoms with Crippen molar-refractivity contribution >= 4 is 16.6 Å². The van der Waals surface area contributed by atoms with E-state index in [0.717, 1.165) is 13.1 Å². The summed E-state index contributed by atoms with van der Waals surface area (Å²) >= 11 is 0. The molecule has 0 spiro atoms. The summed E-state index contributed by atoms with van der Waals surface area (Å²) in [4.78, 5) is 2.45. The highest BCUT2D eigenvalue weighted by Crippen LogP contribution is 2.35. The van der Waals surface area contributed by atoms with Crippen molar-refractivity contribution in [3.63, 3.8) is 0 Å². The molecule has 0 aliphatic carbocycles. The van der Waals surface area contributed by atoms with Crippen molar-refractivity contribution < 1.29 is 28.5 Å². The normalized spacial score (nSPS) is 10.4. The summed E-state index contributed by atoms with van der Waals surface area (Å²) in [7, 11) is 2.13. The molecular weight excluding hydrogens is 395 g/mol. The van der Waals surface area contributed by atoms with Crippen molar-refractivity contribution in [2.45, 2.75) is 13.8 Å². The Bertz CT molecular complexity index is 780. The molecule has 3 aromatic rings. The molecule has 120 valence electrons. The monoisotopic (exact) mass is 418 g/mol. The third-order valence-corrected chi connectivity index (χ3v) is 4.28. The van der Waals surface area contributed by atoms with Gasteiger partial charge in [-0.05, 0) is 25.5 Å². The van der Waals surface area contributed by atoms with E-state index in [-0.39, 0.29) is 24.0 Å². The van der Waals surface area contributed by atoms with E-state index in [1.165, 1.54) is 27.7 Å². The lowest BCUT2D eigenvalue weighted by Crippen LogP contribution is -3.00. The molecule has 23 heavy (non-hydrogen) atoms. The van der Waals surface area contributed by atoms with Gasteiger partial charge < -0.3 is 28.9 Å². The van der Waals surface area contributed by atoms with E-state index in [1.807, 2.05) is 0 Å². The molecule has 0 saturated heterocycles. The Balaban J connectivity index is 0.00000192. The van der Waals surface area contributed by atoms with Gasteiger partial charge in [0.1, 0.15) is 7.05 Å². The largest absolute Gasteiger partial charge is 1.00 e. The number of hydrogen-bond acceptors (Lipinski definition) is 1. The first-order chi connectivity index (χ1) is 10.8. The quantitative estimate of drug-likeness (QED) is 0.456. The molecule has 0 fully saturated rings. The predicted octanol–water partition coefficient (Wildman–Crippen LogP) is 1.18. The molecule has 2 nitrogen and oxygen atoms in total. The number of pyridine rings is 1. The van der Waals surface area contributed by atoms with Gasteiger partial charge in [-0.3, -0.25) is 0 Å². The number of hydrogen-bond donors (Lipinski definition) is 0. The first kappa shape index (κ1) is 17.7. The number of aromatic nitrogens is 1. The minimum atomic E-state index is 0. The van der Waals surface area contributed by atoms with Gasteiger partial charge in [-0.2, -0.15) is 0 Å². The van der Waals surface area contributed by atoms with Crippen LogP contribution in [0.3, 0.4) is 0 Å². The van der Waals surface area contributed by atoms with Gasteiger partial charge in [-0.25, -0.2) is 4.57 Å². The second-order valence-electron chi connectivity index (χ2n) is 5.56. The van der Waals surface area contributed by atoms with Crippen LogP contribution in [0, 0.1) is 0 Å². The molecule has 0 radical (unpaired) electrons. The molecule has 0 unspecified atom stereocenters. The number of para-hydroxylation sites is 1. The maximum atomic E-state index is 2.45. The second-order valence-corrected chi connectivity index (χ2v) is 5.56. The maximum absolute atomic E-state index is 2.45. The van der Waals surface area contributed by atoms with Crippen LogP contribution in [0.4, 0.5) is 5.69 Å². The van der Waals surface area contributed by atoms with Crippen LogP contribution in [-0.4, -0.2) is 13.1 Å². The first-order valence-electron chi connectivity index (χ1n) is 7.98. The Morgan fingerprint density at radius 3 is 2.13 bits per heavy atom. The van der Waals surface area contributed by atoms with Gasteiger partial charge in [-0.1, -0.05) is 42.5 Å². The van der Waals surface area contributed by atoms with Crippen LogP contribution in [-0.2, 0) is 7.05 Å². The lowest BCUT2D eigenvalue weighted by molar-refractivity contribution is -0.644. The summed E-state index contributed by atoms with van der Waals surface area (Å²) in [6.45, 7) is 6.46. The van der Waals surface area contributed by atoms with Crippen LogP contribution >= 0.6 is 0 Å². The van der Waals surface area contributed by atoms with Crippen LogP contribution < -0.4 is 33.4 Å². The zero-order chi connectivity index (χ0) is 15.5. The fourth-order valence-electron chi connectivity index (χ4n) is 3.16. The first-order valence-corrected chi connectivity index (χ1v) is 7.98. The Morgan fingerprint density at radius 2 is 1.48 bits per heavy atom. The van der Waals surface area contributed by atoms with Crippen LogP contribution in [0.25, 0.3) is 22.0 Å². The van der Waals surface area contributed by atoms with E-state index in [9.17, 15) is 0 Å². The molecular formula is C20H23IN2. The molecule has 0 atom stereocenters. The molecule has 1 aromatic heterocycles. The number of nitrogens with zero attached hydrogens (tertiary/aromatic N) is 2. The summed E-state index contributed by atoms with van der Waals surface area (Å²) < 4.78 is 2.23. The molecule has 0 amide bonds. The zero-order valence-electron chi connectivity index (χ0n) is 14.0. The van der Waals surface area contributed by atoms with E-state index in [0.29, 0.717) is 0 Å². The van der Waals surface area contributed by atoms with E-state index < -0.39 is 0 Å². The standard InChI is InChI=1S/C20H23N2.HI/c1-4-22(5-2)20-17-13-9-10-14-19(17)21(3)15-18(20)16-11-7-6-8-12-16;/h6-15H,4-5H2,1-3H3;1H/q+1;/p-1. The molecule has 3 rings (SSSR count). The average molecular weight is 418 g/mol. The van der Waals surface area contributed by atoms with E-state index in [1.54, 1.807) is 0 Å². The number of rotatable bonds is 4. The number of benzene rings is 2. The van der Waals surface area contributed by atoms with Crippen molar-refractivity contribution in [2.24, 2.45) is 7.05 Å². The van der Waals surface area contributed by atoms with Gasteiger partial charge in [0.05, 0.1) is 16.6 Å². The summed E-state index contributed by atoms with van der Waals surface area (Å²) in [5.74, 6) is 0. The van der Waals surface area contributed by atoms with Crippen LogP contribution in [0.5, 0.6) is 0 Å². The summed E-state index contributed by atoms with van der Waals surface area (Å²) in [6, 6.07) is 19.3. The SMILES string of the molecule is CCN(CC)c1c(-c2ccccc2)c[n+](C)c2ccccc12.[I-]. The Hall–Kier alpha value is -1.62. The lowest BCUT2D eigenvalue weighted by Gasteiger charge is -2.25. The fraction of sp³-hybridized carbons (Fsp3) is 0.250. The van der Waals surface area contributed by atoms with Crippen molar-refractivity contribution in [2.75, 3.05) is 18.0 Å². The maximum Gasteiger partial charge on any atom is 0.214 e. The highest BCUT2D eigenvalue weighted by molar-refractivity contribution is 5.98. The van der Waals surface area contributed by atoms with Crippen molar-refractivity contribution in [1.82, 2.24) is 0 Å². The fourth-order valence-corrected chi connectivity index (χ4v) is 3.16. The number of aryl methyl sites for hydroxylation is 1. The Kier molecular flexibility index (Phi) is 5.99. The van der Waals surface area contributed by atoms with Gasteiger partial charge in [0.2, 0.25) is 5.52 Å². The smallest absolute Gasteiger partial charge is 0.214 e. The van der Waals surface area contributed by atoms with Gasteiger partial charge in [0, 0.05) is 19.2 Å². The molecule has 0 aliphatic heterocycles. The highest BCUT2D eigenvalue weighted by Gasteiger charge is 2.20. The number of fused-ring (bicyclic) bond motifs is 1. The molecule has 1 heterocycles. The second kappa shape index (κ2) is 7.77. The van der Waals surface area contributed by atoms with E-state index >= 15 is 0 Å². The summed E-state index contributed by atoms with van der Waals surface area (Å²) in [6.07, 6.45) is 2.26. The zero-order valence-corrected chi connectivity index (χ0v) is 16.1. The Morgan fingerprint density at radius 1 is 0.870 bits per heavy atom. The van der Waals surface area contributed by atoms with E-state index in [4.69, 9.17) is 0 Å². The molecule has 0 saturated carbocycles. The van der Waals surface area contributed by atoms with Gasteiger partial charge in [0.25, 0.3) is 0 Å². The Labute approximate surface area is 155 Å². The minimum Gasteiger partial charge on any atom is -1.00 e. The van der Waals surface area contributed by atoms with Crippen LogP contribution in [0.15, 0.2) is 60.8 Å². The van der Waals surface area contributed by atoms with E-state index in [2.05, 4.69) is 91.2 Å². The highest BCUT2D eigenvalue weighted by atomic mass is 127. The summed E-state index contributed by atoms with van der Waals surface area (Å²) in [5, 5.41) is 1.31. The lowest BCUT2D eigenvalue weighted by atomic mass is 10.0. The van der Waals surface area contributed by atoms with Crippen molar-refractivity contribution in [1.29, 1.82) is 0 Å². The number of anilines is 1. The third kappa shape index (κ3) is 3.34. The topological polar surface area (TPSA) is 7.12 Å². The number of halogens is 1. The molecule has 3 heteroatoms. The van der Waals surface area contributed by atoms with Gasteiger partial charge in [-0.15, -0.1) is 0 Å². The summed E-state index contributed by atoms with van der Waals surface area (Å²) in [5.41, 5.74) is 5.17. The van der Waals surface area contributed by atoms with Crippen molar-refractivity contribution in [3.05, 3.63) is 60.8 Å². The minimum absolute atomic E-state index is 0. The van der Waals surface area contributed by atoms with Crippen molar-refractivity contribution in [3.8, 4) is 11.1 Å². The molecule has 0 bridgehead atoms. The third-order valence-electron chi connectivity index (χ3n) is 4.28. The van der Waals surface area contributed by atoms with Crippen LogP contribution in [0.1, 0.15) is 13.8 Å².